The van der Waals surface area contributed by atoms with Crippen LogP contribution in [0.4, 0.5) is 17.6 Å². The summed E-state index contributed by atoms with van der Waals surface area (Å²) in [5.74, 6) is -0.292. The first-order chi connectivity index (χ1) is 9.83. The fourth-order valence-corrected chi connectivity index (χ4v) is 2.22. The molecule has 0 saturated heterocycles. The Morgan fingerprint density at radius 3 is 2.52 bits per heavy atom. The van der Waals surface area contributed by atoms with Crippen LogP contribution in [0.1, 0.15) is 5.56 Å². The van der Waals surface area contributed by atoms with Gasteiger partial charge in [0.1, 0.15) is 16.0 Å². The zero-order chi connectivity index (χ0) is 15.2. The molecule has 0 aliphatic heterocycles. The van der Waals surface area contributed by atoms with Gasteiger partial charge in [-0.2, -0.15) is 13.2 Å². The summed E-state index contributed by atoms with van der Waals surface area (Å²) in [5.41, 5.74) is -0.401. The Morgan fingerprint density at radius 1 is 1.05 bits per heavy atom. The maximum Gasteiger partial charge on any atom is 0.416 e. The zero-order valence-electron chi connectivity index (χ0n) is 10.3. The number of nitrogens with one attached hydrogen (secondary N) is 1. The van der Waals surface area contributed by atoms with Crippen molar-refractivity contribution in [3.63, 3.8) is 0 Å². The molecule has 0 unspecified atom stereocenters. The summed E-state index contributed by atoms with van der Waals surface area (Å²) in [4.78, 5) is 2.64. The largest absolute Gasteiger partial charge is 0.455 e. The highest BCUT2D eigenvalue weighted by Crippen LogP contribution is 2.33. The van der Waals surface area contributed by atoms with Gasteiger partial charge in [0.25, 0.3) is 0 Å². The van der Waals surface area contributed by atoms with Gasteiger partial charge in [-0.1, -0.05) is 12.2 Å². The van der Waals surface area contributed by atoms with E-state index in [9.17, 15) is 17.6 Å². The van der Waals surface area contributed by atoms with Crippen LogP contribution in [0.2, 0.25) is 0 Å². The first-order valence-corrected chi connectivity index (χ1v) is 6.25. The van der Waals surface area contributed by atoms with Gasteiger partial charge in [-0.15, -0.1) is 0 Å². The molecule has 0 aliphatic rings. The van der Waals surface area contributed by atoms with Gasteiger partial charge in [0, 0.05) is 5.39 Å². The van der Waals surface area contributed by atoms with Crippen molar-refractivity contribution in [2.75, 3.05) is 0 Å². The molecule has 2 nitrogen and oxygen atoms in total. The lowest BCUT2D eigenvalue weighted by Crippen LogP contribution is -2.05. The van der Waals surface area contributed by atoms with Crippen LogP contribution in [0.3, 0.4) is 0 Å². The summed E-state index contributed by atoms with van der Waals surface area (Å²) in [6.45, 7) is 0. The second kappa shape index (κ2) is 4.70. The molecule has 0 fully saturated rings. The first kappa shape index (κ1) is 13.8. The van der Waals surface area contributed by atoms with E-state index in [1.54, 1.807) is 0 Å². The summed E-state index contributed by atoms with van der Waals surface area (Å²) in [5, 5.41) is 0.460. The Balaban J connectivity index is 2.18. The molecule has 2 heterocycles. The topological polar surface area (TPSA) is 28.9 Å². The Morgan fingerprint density at radius 2 is 1.81 bits per heavy atom. The van der Waals surface area contributed by atoms with Crippen molar-refractivity contribution in [3.8, 4) is 11.5 Å². The molecule has 2 aromatic heterocycles. The fraction of sp³-hybridized carbons (Fsp3) is 0.0714. The summed E-state index contributed by atoms with van der Waals surface area (Å²) >= 11 is 4.80. The third-order valence-corrected chi connectivity index (χ3v) is 3.14. The van der Waals surface area contributed by atoms with Crippen LogP contribution in [0, 0.1) is 10.5 Å². The van der Waals surface area contributed by atoms with Crippen molar-refractivity contribution < 1.29 is 22.0 Å². The summed E-state index contributed by atoms with van der Waals surface area (Å²) in [6.07, 6.45) is -4.50. The molecule has 0 amide bonds. The quantitative estimate of drug-likeness (QED) is 0.487. The minimum atomic E-state index is -4.50. The number of H-pyrrole nitrogens is 1. The molecule has 108 valence electrons. The molecule has 0 bridgehead atoms. The van der Waals surface area contributed by atoms with Gasteiger partial charge in [-0.25, -0.2) is 4.39 Å². The molecule has 0 saturated carbocycles. The second-order valence-electron chi connectivity index (χ2n) is 4.44. The smallest absolute Gasteiger partial charge is 0.416 e. The van der Waals surface area contributed by atoms with E-state index in [2.05, 4.69) is 4.98 Å². The van der Waals surface area contributed by atoms with Crippen molar-refractivity contribution in [2.45, 2.75) is 6.18 Å². The van der Waals surface area contributed by atoms with E-state index < -0.39 is 17.6 Å². The lowest BCUT2D eigenvalue weighted by Gasteiger charge is -2.07. The summed E-state index contributed by atoms with van der Waals surface area (Å²) in [6, 6.07) is 7.06. The molecular weight excluding hydrogens is 306 g/mol. The average Bonchev–Trinajstić information content (AvgIpc) is 2.80. The molecule has 3 rings (SSSR count). The number of hydrogen-bond acceptors (Lipinski definition) is 2. The number of pyridine rings is 1. The van der Waals surface area contributed by atoms with Crippen LogP contribution in [0.25, 0.3) is 22.4 Å². The van der Waals surface area contributed by atoms with Gasteiger partial charge < -0.3 is 9.40 Å². The fourth-order valence-electron chi connectivity index (χ4n) is 1.99. The molecule has 21 heavy (non-hydrogen) atoms. The van der Waals surface area contributed by atoms with Gasteiger partial charge in [0.2, 0.25) is 0 Å². The van der Waals surface area contributed by atoms with E-state index >= 15 is 0 Å². The number of fused-ring (bicyclic) bond motifs is 1. The number of halogens is 4. The van der Waals surface area contributed by atoms with Crippen molar-refractivity contribution in [2.24, 2.45) is 0 Å². The SMILES string of the molecule is Fc1ccc2oc(-c3cc(C(F)(F)F)cc(=S)[nH]3)cc2c1. The highest BCUT2D eigenvalue weighted by atomic mass is 32.1. The van der Waals surface area contributed by atoms with E-state index in [4.69, 9.17) is 16.6 Å². The van der Waals surface area contributed by atoms with Crippen molar-refractivity contribution in [3.05, 3.63) is 52.4 Å². The van der Waals surface area contributed by atoms with E-state index in [0.29, 0.717) is 11.0 Å². The number of alkyl halides is 3. The molecule has 7 heteroatoms. The third kappa shape index (κ3) is 2.69. The zero-order valence-corrected chi connectivity index (χ0v) is 11.1. The molecule has 3 aromatic rings. The van der Waals surface area contributed by atoms with Crippen LogP contribution < -0.4 is 0 Å². The molecule has 0 atom stereocenters. The Hall–Kier alpha value is -2.15. The predicted molar refractivity (Wildman–Crippen MR) is 71.8 cm³/mol. The van der Waals surface area contributed by atoms with Gasteiger partial charge in [0.05, 0.1) is 11.3 Å². The average molecular weight is 313 g/mol. The molecule has 0 radical (unpaired) electrons. The van der Waals surface area contributed by atoms with Crippen LogP contribution in [-0.2, 0) is 6.18 Å². The number of benzene rings is 1. The molecule has 1 aromatic carbocycles. The number of rotatable bonds is 1. The Kier molecular flexibility index (Phi) is 3.09. The van der Waals surface area contributed by atoms with E-state index in [1.807, 2.05) is 0 Å². The Labute approximate surface area is 121 Å². The van der Waals surface area contributed by atoms with Gasteiger partial charge in [0.15, 0.2) is 5.76 Å². The molecule has 0 spiro atoms. The number of aromatic amines is 1. The van der Waals surface area contributed by atoms with Gasteiger partial charge >= 0.3 is 6.18 Å². The minimum Gasteiger partial charge on any atom is -0.455 e. The maximum atomic E-state index is 13.1. The van der Waals surface area contributed by atoms with E-state index in [0.717, 1.165) is 12.1 Å². The van der Waals surface area contributed by atoms with Crippen LogP contribution >= 0.6 is 12.2 Å². The van der Waals surface area contributed by atoms with Crippen LogP contribution in [0.5, 0.6) is 0 Å². The molecular formula is C14H7F4NOS. The van der Waals surface area contributed by atoms with Gasteiger partial charge in [-0.3, -0.25) is 0 Å². The normalized spacial score (nSPS) is 12.0. The molecule has 0 aliphatic carbocycles. The van der Waals surface area contributed by atoms with Crippen LogP contribution in [0.15, 0.2) is 40.8 Å². The van der Waals surface area contributed by atoms with Crippen molar-refractivity contribution in [1.29, 1.82) is 0 Å². The highest BCUT2D eigenvalue weighted by Gasteiger charge is 2.31. The molecule has 1 N–H and O–H groups in total. The maximum absolute atomic E-state index is 13.1. The van der Waals surface area contributed by atoms with Gasteiger partial charge in [-0.05, 0) is 36.4 Å². The summed E-state index contributed by atoms with van der Waals surface area (Å²) in [7, 11) is 0. The number of aromatic nitrogens is 1. The van der Waals surface area contributed by atoms with Crippen molar-refractivity contribution in [1.82, 2.24) is 4.98 Å². The lowest BCUT2D eigenvalue weighted by atomic mass is 10.2. The number of hydrogen-bond donors (Lipinski definition) is 1. The third-order valence-electron chi connectivity index (χ3n) is 2.92. The predicted octanol–water partition coefficient (Wildman–Crippen LogP) is 5.32. The minimum absolute atomic E-state index is 0.0635. The van der Waals surface area contributed by atoms with E-state index in [1.165, 1.54) is 24.3 Å². The number of furan rings is 1. The second-order valence-corrected chi connectivity index (χ2v) is 4.88. The standard InChI is InChI=1S/C14H7F4NOS/c15-9-1-2-11-7(3-9)4-12(20-11)10-5-8(14(16,17)18)6-13(21)19-10/h1-6H,(H,19,21). The highest BCUT2D eigenvalue weighted by molar-refractivity contribution is 7.71. The monoisotopic (exact) mass is 313 g/mol. The van der Waals surface area contributed by atoms with E-state index in [-0.39, 0.29) is 16.1 Å². The Bertz CT molecular complexity index is 879. The van der Waals surface area contributed by atoms with Crippen molar-refractivity contribution >= 4 is 23.2 Å². The summed E-state index contributed by atoms with van der Waals surface area (Å²) < 4.78 is 56.8. The first-order valence-electron chi connectivity index (χ1n) is 5.84. The lowest BCUT2D eigenvalue weighted by molar-refractivity contribution is -0.137. The van der Waals surface area contributed by atoms with Crippen LogP contribution in [-0.4, -0.2) is 4.98 Å².